The first-order chi connectivity index (χ1) is 14.4. The molecule has 0 spiro atoms. The van der Waals surface area contributed by atoms with E-state index in [1.165, 1.54) is 4.90 Å². The fourth-order valence-corrected chi connectivity index (χ4v) is 3.66. The number of likely N-dealkylation sites (tertiary alicyclic amines) is 1. The lowest BCUT2D eigenvalue weighted by atomic mass is 9.88. The van der Waals surface area contributed by atoms with Crippen LogP contribution in [0.5, 0.6) is 0 Å². The lowest BCUT2D eigenvalue weighted by molar-refractivity contribution is -0.143. The molecule has 1 aliphatic rings. The Balaban J connectivity index is 1.84. The maximum absolute atomic E-state index is 13.1. The standard InChI is InChI=1S/C21H20F6N2O2/c22-20(23,24)15-8-13(9-16(10-15)21(25,26)27)12-31-18-6-7-29(19(28)30)11-17(18)14-4-2-1-3-5-14/h1-5,8-10,17-18H,6-7,11-12H2,(H2,28,30). The van der Waals surface area contributed by atoms with Gasteiger partial charge in [0.15, 0.2) is 0 Å². The summed E-state index contributed by atoms with van der Waals surface area (Å²) in [4.78, 5) is 13.0. The first kappa shape index (κ1) is 22.9. The molecule has 2 aromatic carbocycles. The predicted molar refractivity (Wildman–Crippen MR) is 100.0 cm³/mol. The minimum Gasteiger partial charge on any atom is -0.373 e. The zero-order chi connectivity index (χ0) is 22.8. The van der Waals surface area contributed by atoms with Gasteiger partial charge in [-0.3, -0.25) is 0 Å². The van der Waals surface area contributed by atoms with E-state index in [4.69, 9.17) is 10.5 Å². The molecule has 2 amide bonds. The Labute approximate surface area is 174 Å². The molecule has 2 atom stereocenters. The van der Waals surface area contributed by atoms with Crippen molar-refractivity contribution < 1.29 is 35.9 Å². The summed E-state index contributed by atoms with van der Waals surface area (Å²) in [6, 6.07) is 9.81. The van der Waals surface area contributed by atoms with Gasteiger partial charge in [-0.15, -0.1) is 0 Å². The normalized spacial score (nSPS) is 20.0. The zero-order valence-corrected chi connectivity index (χ0v) is 16.2. The summed E-state index contributed by atoms with van der Waals surface area (Å²) in [5.74, 6) is -0.324. The molecule has 0 bridgehead atoms. The number of halogens is 6. The highest BCUT2D eigenvalue weighted by Crippen LogP contribution is 2.37. The van der Waals surface area contributed by atoms with Crippen LogP contribution in [0.2, 0.25) is 0 Å². The zero-order valence-electron chi connectivity index (χ0n) is 16.2. The lowest BCUT2D eigenvalue weighted by Gasteiger charge is -2.38. The maximum atomic E-state index is 13.1. The average Bonchev–Trinajstić information content (AvgIpc) is 2.71. The number of alkyl halides is 6. The van der Waals surface area contributed by atoms with E-state index in [0.717, 1.165) is 5.56 Å². The number of amides is 2. The van der Waals surface area contributed by atoms with Gasteiger partial charge in [-0.1, -0.05) is 30.3 Å². The van der Waals surface area contributed by atoms with E-state index in [2.05, 4.69) is 0 Å². The van der Waals surface area contributed by atoms with Crippen molar-refractivity contribution in [1.29, 1.82) is 0 Å². The van der Waals surface area contributed by atoms with Crippen molar-refractivity contribution in [3.63, 3.8) is 0 Å². The Morgan fingerprint density at radius 2 is 1.58 bits per heavy atom. The van der Waals surface area contributed by atoms with Crippen molar-refractivity contribution in [2.75, 3.05) is 13.1 Å². The number of primary amides is 1. The van der Waals surface area contributed by atoms with Gasteiger partial charge in [0.1, 0.15) is 0 Å². The number of piperidine rings is 1. The Hall–Kier alpha value is -2.75. The number of urea groups is 1. The molecule has 1 fully saturated rings. The second kappa shape index (κ2) is 8.78. The molecule has 1 saturated heterocycles. The minimum atomic E-state index is -4.92. The molecule has 3 rings (SSSR count). The second-order valence-corrected chi connectivity index (χ2v) is 7.35. The van der Waals surface area contributed by atoms with E-state index in [0.29, 0.717) is 18.6 Å². The molecular weight excluding hydrogens is 426 g/mol. The monoisotopic (exact) mass is 446 g/mol. The molecule has 10 heteroatoms. The molecule has 31 heavy (non-hydrogen) atoms. The van der Waals surface area contributed by atoms with Crippen LogP contribution in [0.4, 0.5) is 31.1 Å². The SMILES string of the molecule is NC(=O)N1CCC(OCc2cc(C(F)(F)F)cc(C(F)(F)F)c2)C(c2ccccc2)C1. The number of ether oxygens (including phenoxy) is 1. The molecule has 168 valence electrons. The van der Waals surface area contributed by atoms with E-state index in [9.17, 15) is 31.1 Å². The first-order valence-electron chi connectivity index (χ1n) is 9.44. The lowest BCUT2D eigenvalue weighted by Crippen LogP contribution is -2.47. The fraction of sp³-hybridized carbons (Fsp3) is 0.381. The number of benzene rings is 2. The molecule has 4 nitrogen and oxygen atoms in total. The van der Waals surface area contributed by atoms with Gasteiger partial charge in [0.2, 0.25) is 0 Å². The number of nitrogens with two attached hydrogens (primary N) is 1. The summed E-state index contributed by atoms with van der Waals surface area (Å²) in [5, 5.41) is 0. The van der Waals surface area contributed by atoms with Crippen molar-refractivity contribution >= 4 is 6.03 Å². The molecule has 1 heterocycles. The van der Waals surface area contributed by atoms with Crippen LogP contribution in [-0.4, -0.2) is 30.1 Å². The highest BCUT2D eigenvalue weighted by molar-refractivity contribution is 5.72. The molecule has 0 radical (unpaired) electrons. The van der Waals surface area contributed by atoms with Crippen LogP contribution >= 0.6 is 0 Å². The highest BCUT2D eigenvalue weighted by atomic mass is 19.4. The smallest absolute Gasteiger partial charge is 0.373 e. The van der Waals surface area contributed by atoms with Crippen LogP contribution in [-0.2, 0) is 23.7 Å². The van der Waals surface area contributed by atoms with Crippen molar-refractivity contribution in [2.24, 2.45) is 5.73 Å². The summed E-state index contributed by atoms with van der Waals surface area (Å²) in [6.07, 6.45) is -10.0. The predicted octanol–water partition coefficient (Wildman–Crippen LogP) is 5.18. The summed E-state index contributed by atoms with van der Waals surface area (Å²) >= 11 is 0. The van der Waals surface area contributed by atoms with Gasteiger partial charge in [-0.2, -0.15) is 26.3 Å². The largest absolute Gasteiger partial charge is 0.416 e. The number of carbonyl (C=O) groups excluding carboxylic acids is 1. The first-order valence-corrected chi connectivity index (χ1v) is 9.44. The van der Waals surface area contributed by atoms with Crippen LogP contribution < -0.4 is 5.73 Å². The Morgan fingerprint density at radius 1 is 1.00 bits per heavy atom. The van der Waals surface area contributed by atoms with E-state index in [1.807, 2.05) is 12.1 Å². The molecule has 2 N–H and O–H groups in total. The molecule has 2 aromatic rings. The molecule has 1 aliphatic heterocycles. The number of hydrogen-bond acceptors (Lipinski definition) is 2. The molecule has 0 saturated carbocycles. The maximum Gasteiger partial charge on any atom is 0.416 e. The van der Waals surface area contributed by atoms with Gasteiger partial charge >= 0.3 is 18.4 Å². The van der Waals surface area contributed by atoms with Gasteiger partial charge in [0.25, 0.3) is 0 Å². The van der Waals surface area contributed by atoms with Crippen molar-refractivity contribution in [3.8, 4) is 0 Å². The molecule has 0 aromatic heterocycles. The third-order valence-corrected chi connectivity index (χ3v) is 5.20. The molecule has 2 unspecified atom stereocenters. The third kappa shape index (κ3) is 5.69. The Morgan fingerprint density at radius 3 is 2.10 bits per heavy atom. The molecular formula is C21H20F6N2O2. The molecule has 0 aliphatic carbocycles. The number of nitrogens with zero attached hydrogens (tertiary/aromatic N) is 1. The summed E-state index contributed by atoms with van der Waals surface area (Å²) in [7, 11) is 0. The average molecular weight is 446 g/mol. The Bertz CT molecular complexity index is 882. The topological polar surface area (TPSA) is 55.6 Å². The van der Waals surface area contributed by atoms with Crippen molar-refractivity contribution in [1.82, 2.24) is 4.90 Å². The number of rotatable bonds is 4. The van der Waals surface area contributed by atoms with Gasteiger partial charge in [0, 0.05) is 19.0 Å². The third-order valence-electron chi connectivity index (χ3n) is 5.20. The summed E-state index contributed by atoms with van der Waals surface area (Å²) in [6.45, 7) is 0.0811. The van der Waals surface area contributed by atoms with Gasteiger partial charge in [-0.25, -0.2) is 4.79 Å². The minimum absolute atomic E-state index is 0.0849. The van der Waals surface area contributed by atoms with E-state index < -0.39 is 42.2 Å². The Kier molecular flexibility index (Phi) is 6.49. The number of hydrogen-bond donors (Lipinski definition) is 1. The van der Waals surface area contributed by atoms with Crippen LogP contribution in [0.1, 0.15) is 34.6 Å². The van der Waals surface area contributed by atoms with E-state index >= 15 is 0 Å². The van der Waals surface area contributed by atoms with Crippen LogP contribution in [0.25, 0.3) is 0 Å². The van der Waals surface area contributed by atoms with Gasteiger partial charge < -0.3 is 15.4 Å². The van der Waals surface area contributed by atoms with E-state index in [1.54, 1.807) is 18.2 Å². The quantitative estimate of drug-likeness (QED) is 0.659. The second-order valence-electron chi connectivity index (χ2n) is 7.35. The highest BCUT2D eigenvalue weighted by Gasteiger charge is 2.37. The van der Waals surface area contributed by atoms with Gasteiger partial charge in [0.05, 0.1) is 23.8 Å². The van der Waals surface area contributed by atoms with Gasteiger partial charge in [-0.05, 0) is 35.7 Å². The van der Waals surface area contributed by atoms with Crippen molar-refractivity contribution in [2.45, 2.75) is 37.4 Å². The number of carbonyl (C=O) groups is 1. The van der Waals surface area contributed by atoms with Crippen molar-refractivity contribution in [3.05, 3.63) is 70.8 Å². The van der Waals surface area contributed by atoms with Crippen LogP contribution in [0.15, 0.2) is 48.5 Å². The summed E-state index contributed by atoms with van der Waals surface area (Å²) < 4.78 is 84.2. The van der Waals surface area contributed by atoms with Crippen LogP contribution in [0.3, 0.4) is 0 Å². The van der Waals surface area contributed by atoms with E-state index in [-0.39, 0.29) is 30.6 Å². The fourth-order valence-electron chi connectivity index (χ4n) is 3.66. The van der Waals surface area contributed by atoms with Crippen LogP contribution in [0, 0.1) is 0 Å². The summed E-state index contributed by atoms with van der Waals surface area (Å²) in [5.41, 5.74) is 3.20.